The van der Waals surface area contributed by atoms with E-state index in [1.165, 1.54) is 18.4 Å². The molecule has 2 aliphatic rings. The van der Waals surface area contributed by atoms with E-state index in [1.807, 2.05) is 25.2 Å². The summed E-state index contributed by atoms with van der Waals surface area (Å²) in [4.78, 5) is 16.8. The van der Waals surface area contributed by atoms with Gasteiger partial charge in [-0.1, -0.05) is 30.3 Å². The number of carbonyl (C=O) groups excluding carboxylic acids is 1. The summed E-state index contributed by atoms with van der Waals surface area (Å²) in [6.45, 7) is 3.66. The fourth-order valence-corrected chi connectivity index (χ4v) is 3.93. The summed E-state index contributed by atoms with van der Waals surface area (Å²) in [5.74, 6) is 0.772. The van der Waals surface area contributed by atoms with Crippen LogP contribution in [0.5, 0.6) is 0 Å². The van der Waals surface area contributed by atoms with E-state index >= 15 is 0 Å². The highest BCUT2D eigenvalue weighted by atomic mass is 16.2. The van der Waals surface area contributed by atoms with Gasteiger partial charge in [0.25, 0.3) is 0 Å². The molecular weight excluding hydrogens is 356 g/mol. The molecule has 0 bridgehead atoms. The van der Waals surface area contributed by atoms with Gasteiger partial charge in [0.2, 0.25) is 5.91 Å². The van der Waals surface area contributed by atoms with Crippen molar-refractivity contribution in [3.63, 3.8) is 0 Å². The second kappa shape index (κ2) is 8.76. The monoisotopic (exact) mass is 384 g/mol. The molecule has 2 atom stereocenters. The molecule has 28 heavy (non-hydrogen) atoms. The number of amides is 1. The van der Waals surface area contributed by atoms with Gasteiger partial charge >= 0.3 is 0 Å². The van der Waals surface area contributed by atoms with E-state index in [0.717, 1.165) is 25.3 Å². The normalized spacial score (nSPS) is 22.6. The van der Waals surface area contributed by atoms with Crippen molar-refractivity contribution in [3.05, 3.63) is 41.7 Å². The molecule has 2 aromatic rings. The van der Waals surface area contributed by atoms with Crippen molar-refractivity contribution in [2.75, 3.05) is 26.7 Å². The lowest BCUT2D eigenvalue weighted by molar-refractivity contribution is -0.131. The van der Waals surface area contributed by atoms with Crippen LogP contribution in [0, 0.1) is 0 Å². The average molecular weight is 384 g/mol. The first-order valence-corrected chi connectivity index (χ1v) is 9.96. The lowest BCUT2D eigenvalue weighted by Crippen LogP contribution is -2.42. The van der Waals surface area contributed by atoms with Gasteiger partial charge in [-0.05, 0) is 48.3 Å². The fraction of sp³-hybridized carbons (Fsp3) is 0.579. The van der Waals surface area contributed by atoms with E-state index in [9.17, 15) is 4.79 Å². The van der Waals surface area contributed by atoms with Gasteiger partial charge in [-0.2, -0.15) is 0 Å². The minimum atomic E-state index is 0.0138. The Bertz CT molecular complexity index is 773. The zero-order valence-electron chi connectivity index (χ0n) is 16.3. The highest BCUT2D eigenvalue weighted by Gasteiger charge is 2.27. The standard InChI is InChI=1S/C19H28N8O/c1-25(12-16-11-17(21-20-16)15-7-3-2-4-8-15)19(28)14-27-18(22-23-24-27)13-26-9-5-6-10-26/h2-4,7-8,16-17,20-21H,5-6,9-14H2,1H3. The minimum Gasteiger partial charge on any atom is -0.343 e. The molecule has 1 aromatic heterocycles. The Balaban J connectivity index is 1.28. The largest absolute Gasteiger partial charge is 0.343 e. The SMILES string of the molecule is CN(CC1CC(c2ccccc2)NN1)C(=O)Cn1nnnc1CN1CCCC1. The predicted molar refractivity (Wildman–Crippen MR) is 104 cm³/mol. The third kappa shape index (κ3) is 4.54. The summed E-state index contributed by atoms with van der Waals surface area (Å²) in [5, 5.41) is 11.9. The second-order valence-electron chi connectivity index (χ2n) is 7.69. The maximum absolute atomic E-state index is 12.7. The Morgan fingerprint density at radius 3 is 2.79 bits per heavy atom. The topological polar surface area (TPSA) is 91.2 Å². The molecule has 2 N–H and O–H groups in total. The molecule has 0 radical (unpaired) electrons. The number of rotatable bonds is 7. The number of aromatic nitrogens is 4. The molecule has 0 spiro atoms. The van der Waals surface area contributed by atoms with Crippen LogP contribution < -0.4 is 10.9 Å². The Morgan fingerprint density at radius 1 is 1.21 bits per heavy atom. The maximum atomic E-state index is 12.7. The van der Waals surface area contributed by atoms with Crippen LogP contribution in [0.25, 0.3) is 0 Å². The smallest absolute Gasteiger partial charge is 0.244 e. The Morgan fingerprint density at radius 2 is 2.00 bits per heavy atom. The molecule has 1 amide bonds. The van der Waals surface area contributed by atoms with Crippen LogP contribution in [0.3, 0.4) is 0 Å². The number of nitrogens with zero attached hydrogens (tertiary/aromatic N) is 6. The van der Waals surface area contributed by atoms with Crippen LogP contribution in [0.4, 0.5) is 0 Å². The molecular formula is C19H28N8O. The first-order valence-electron chi connectivity index (χ1n) is 9.96. The molecule has 9 heteroatoms. The molecule has 2 aliphatic heterocycles. The zero-order chi connectivity index (χ0) is 19.3. The van der Waals surface area contributed by atoms with Crippen molar-refractivity contribution in [1.82, 2.24) is 40.9 Å². The van der Waals surface area contributed by atoms with Crippen molar-refractivity contribution in [2.24, 2.45) is 0 Å². The van der Waals surface area contributed by atoms with Crippen LogP contribution in [0.15, 0.2) is 30.3 Å². The van der Waals surface area contributed by atoms with E-state index < -0.39 is 0 Å². The van der Waals surface area contributed by atoms with Crippen molar-refractivity contribution < 1.29 is 4.79 Å². The molecule has 1 aromatic carbocycles. The van der Waals surface area contributed by atoms with E-state index in [1.54, 1.807) is 9.58 Å². The zero-order valence-corrected chi connectivity index (χ0v) is 16.3. The molecule has 9 nitrogen and oxygen atoms in total. The van der Waals surface area contributed by atoms with Gasteiger partial charge in [0, 0.05) is 25.7 Å². The predicted octanol–water partition coefficient (Wildman–Crippen LogP) is 0.335. The third-order valence-corrected chi connectivity index (χ3v) is 5.56. The number of nitrogens with one attached hydrogen (secondary N) is 2. The average Bonchev–Trinajstić information content (AvgIpc) is 3.46. The van der Waals surface area contributed by atoms with Gasteiger partial charge in [-0.15, -0.1) is 5.10 Å². The maximum Gasteiger partial charge on any atom is 0.244 e. The van der Waals surface area contributed by atoms with E-state index in [4.69, 9.17) is 0 Å². The summed E-state index contributed by atoms with van der Waals surface area (Å²) in [5.41, 5.74) is 7.90. The first kappa shape index (κ1) is 19.0. The second-order valence-corrected chi connectivity index (χ2v) is 7.69. The van der Waals surface area contributed by atoms with Crippen molar-refractivity contribution >= 4 is 5.91 Å². The number of likely N-dealkylation sites (tertiary alicyclic amines) is 1. The Hall–Kier alpha value is -2.36. The molecule has 0 aliphatic carbocycles. The lowest BCUT2D eigenvalue weighted by Gasteiger charge is -2.21. The lowest BCUT2D eigenvalue weighted by atomic mass is 10.0. The minimum absolute atomic E-state index is 0.0138. The summed E-state index contributed by atoms with van der Waals surface area (Å²) >= 11 is 0. The van der Waals surface area contributed by atoms with Gasteiger partial charge in [-0.3, -0.25) is 15.1 Å². The summed E-state index contributed by atoms with van der Waals surface area (Å²) < 4.78 is 1.63. The highest BCUT2D eigenvalue weighted by Crippen LogP contribution is 2.22. The number of hydrogen-bond donors (Lipinski definition) is 2. The van der Waals surface area contributed by atoms with Gasteiger partial charge in [0.15, 0.2) is 5.82 Å². The number of carbonyl (C=O) groups is 1. The van der Waals surface area contributed by atoms with Gasteiger partial charge < -0.3 is 4.90 Å². The van der Waals surface area contributed by atoms with Crippen molar-refractivity contribution in [2.45, 2.75) is 44.4 Å². The Labute approximate surface area is 165 Å². The summed E-state index contributed by atoms with van der Waals surface area (Å²) in [7, 11) is 1.84. The van der Waals surface area contributed by atoms with E-state index in [0.29, 0.717) is 13.1 Å². The first-order chi connectivity index (χ1) is 13.7. The molecule has 3 heterocycles. The molecule has 2 fully saturated rings. The van der Waals surface area contributed by atoms with Crippen LogP contribution in [0.1, 0.15) is 36.7 Å². The van der Waals surface area contributed by atoms with Gasteiger partial charge in [0.05, 0.1) is 6.54 Å². The van der Waals surface area contributed by atoms with E-state index in [-0.39, 0.29) is 24.5 Å². The van der Waals surface area contributed by atoms with Crippen LogP contribution in [-0.4, -0.2) is 68.6 Å². The van der Waals surface area contributed by atoms with Crippen molar-refractivity contribution in [3.8, 4) is 0 Å². The summed E-state index contributed by atoms with van der Waals surface area (Å²) in [6, 6.07) is 10.8. The molecule has 2 unspecified atom stereocenters. The number of likely N-dealkylation sites (N-methyl/N-ethyl adjacent to an activating group) is 1. The van der Waals surface area contributed by atoms with Crippen LogP contribution in [-0.2, 0) is 17.9 Å². The number of benzene rings is 1. The number of hydrogen-bond acceptors (Lipinski definition) is 7. The Kier molecular flexibility index (Phi) is 5.94. The van der Waals surface area contributed by atoms with E-state index in [2.05, 4.69) is 43.4 Å². The molecule has 0 saturated carbocycles. The van der Waals surface area contributed by atoms with Gasteiger partial charge in [0.1, 0.15) is 6.54 Å². The fourth-order valence-electron chi connectivity index (χ4n) is 3.93. The molecule has 150 valence electrons. The highest BCUT2D eigenvalue weighted by molar-refractivity contribution is 5.75. The third-order valence-electron chi connectivity index (χ3n) is 5.56. The summed E-state index contributed by atoms with van der Waals surface area (Å²) in [6.07, 6.45) is 3.37. The molecule has 4 rings (SSSR count). The van der Waals surface area contributed by atoms with Crippen LogP contribution in [0.2, 0.25) is 0 Å². The van der Waals surface area contributed by atoms with Gasteiger partial charge in [-0.25, -0.2) is 10.1 Å². The quantitative estimate of drug-likeness (QED) is 0.711. The number of hydrazine groups is 1. The van der Waals surface area contributed by atoms with Crippen molar-refractivity contribution in [1.29, 1.82) is 0 Å². The van der Waals surface area contributed by atoms with Crippen LogP contribution >= 0.6 is 0 Å². The number of tetrazole rings is 1. The molecule has 2 saturated heterocycles.